The summed E-state index contributed by atoms with van der Waals surface area (Å²) in [6.45, 7) is 3.09. The smallest absolute Gasteiger partial charge is 0.0954 e. The van der Waals surface area contributed by atoms with E-state index >= 15 is 0 Å². The molecule has 0 spiro atoms. The first kappa shape index (κ1) is 11.0. The first-order chi connectivity index (χ1) is 7.86. The van der Waals surface area contributed by atoms with E-state index in [4.69, 9.17) is 4.42 Å². The SMILES string of the molecule is CCCn1nccc1C(NC)c1ccoc1. The summed E-state index contributed by atoms with van der Waals surface area (Å²) in [5.74, 6) is 0. The van der Waals surface area contributed by atoms with Gasteiger partial charge in [-0.05, 0) is 25.6 Å². The number of furan rings is 1. The van der Waals surface area contributed by atoms with Crippen LogP contribution in [0.3, 0.4) is 0 Å². The van der Waals surface area contributed by atoms with E-state index in [1.165, 1.54) is 5.69 Å². The minimum Gasteiger partial charge on any atom is -0.472 e. The third-order valence-corrected chi connectivity index (χ3v) is 2.65. The van der Waals surface area contributed by atoms with Crippen LogP contribution in [0.15, 0.2) is 35.3 Å². The predicted octanol–water partition coefficient (Wildman–Crippen LogP) is 2.19. The molecule has 4 heteroatoms. The zero-order valence-electron chi connectivity index (χ0n) is 9.68. The Balaban J connectivity index is 2.30. The van der Waals surface area contributed by atoms with Crippen LogP contribution in [0.4, 0.5) is 0 Å². The van der Waals surface area contributed by atoms with Gasteiger partial charge in [0.25, 0.3) is 0 Å². The van der Waals surface area contributed by atoms with Crippen molar-refractivity contribution in [2.75, 3.05) is 7.05 Å². The zero-order valence-corrected chi connectivity index (χ0v) is 9.68. The summed E-state index contributed by atoms with van der Waals surface area (Å²) in [6.07, 6.45) is 6.39. The Bertz CT molecular complexity index is 419. The molecule has 0 aliphatic carbocycles. The summed E-state index contributed by atoms with van der Waals surface area (Å²) in [5.41, 5.74) is 2.30. The highest BCUT2D eigenvalue weighted by molar-refractivity contribution is 5.23. The van der Waals surface area contributed by atoms with Crippen LogP contribution in [0.5, 0.6) is 0 Å². The molecule has 1 atom stereocenters. The van der Waals surface area contributed by atoms with E-state index in [9.17, 15) is 0 Å². The van der Waals surface area contributed by atoms with Crippen molar-refractivity contribution in [3.05, 3.63) is 42.1 Å². The van der Waals surface area contributed by atoms with Gasteiger partial charge in [-0.1, -0.05) is 6.92 Å². The van der Waals surface area contributed by atoms with Gasteiger partial charge < -0.3 is 9.73 Å². The number of hydrogen-bond donors (Lipinski definition) is 1. The standard InChI is InChI=1S/C12H17N3O/c1-3-7-15-11(4-6-14-15)12(13-2)10-5-8-16-9-10/h4-6,8-9,12-13H,3,7H2,1-2H3. The van der Waals surface area contributed by atoms with Crippen molar-refractivity contribution in [2.24, 2.45) is 0 Å². The van der Waals surface area contributed by atoms with Crippen molar-refractivity contribution < 1.29 is 4.42 Å². The Hall–Kier alpha value is -1.55. The molecule has 0 aliphatic rings. The Labute approximate surface area is 95.3 Å². The van der Waals surface area contributed by atoms with Crippen molar-refractivity contribution >= 4 is 0 Å². The van der Waals surface area contributed by atoms with Gasteiger partial charge in [-0.3, -0.25) is 4.68 Å². The number of nitrogens with zero attached hydrogens (tertiary/aromatic N) is 2. The lowest BCUT2D eigenvalue weighted by atomic mass is 10.1. The van der Waals surface area contributed by atoms with Gasteiger partial charge in [-0.2, -0.15) is 5.10 Å². The average Bonchev–Trinajstić information content (AvgIpc) is 2.92. The molecule has 0 saturated carbocycles. The second kappa shape index (κ2) is 4.99. The van der Waals surface area contributed by atoms with Crippen molar-refractivity contribution in [1.29, 1.82) is 0 Å². The maximum atomic E-state index is 5.13. The third-order valence-electron chi connectivity index (χ3n) is 2.65. The van der Waals surface area contributed by atoms with Gasteiger partial charge in [0.15, 0.2) is 0 Å². The lowest BCUT2D eigenvalue weighted by molar-refractivity contribution is 0.524. The summed E-state index contributed by atoms with van der Waals surface area (Å²) in [4.78, 5) is 0. The van der Waals surface area contributed by atoms with Gasteiger partial charge in [0.05, 0.1) is 24.3 Å². The van der Waals surface area contributed by atoms with Gasteiger partial charge in [0, 0.05) is 18.3 Å². The summed E-state index contributed by atoms with van der Waals surface area (Å²) in [6, 6.07) is 4.17. The Morgan fingerprint density at radius 1 is 1.50 bits per heavy atom. The molecule has 2 aromatic heterocycles. The maximum absolute atomic E-state index is 5.13. The molecule has 0 aliphatic heterocycles. The number of aromatic nitrogens is 2. The normalized spacial score (nSPS) is 12.9. The summed E-state index contributed by atoms with van der Waals surface area (Å²) >= 11 is 0. The second-order valence-corrected chi connectivity index (χ2v) is 3.76. The maximum Gasteiger partial charge on any atom is 0.0954 e. The van der Waals surface area contributed by atoms with Gasteiger partial charge in [-0.15, -0.1) is 0 Å². The van der Waals surface area contributed by atoms with E-state index in [-0.39, 0.29) is 6.04 Å². The van der Waals surface area contributed by atoms with Crippen LogP contribution < -0.4 is 5.32 Å². The molecule has 0 saturated heterocycles. The molecule has 1 unspecified atom stereocenters. The van der Waals surface area contributed by atoms with Crippen LogP contribution in [0.25, 0.3) is 0 Å². The van der Waals surface area contributed by atoms with Crippen molar-refractivity contribution in [3.8, 4) is 0 Å². The number of aryl methyl sites for hydroxylation is 1. The van der Waals surface area contributed by atoms with Crippen molar-refractivity contribution in [3.63, 3.8) is 0 Å². The highest BCUT2D eigenvalue weighted by Gasteiger charge is 2.16. The van der Waals surface area contributed by atoms with Crippen molar-refractivity contribution in [1.82, 2.24) is 15.1 Å². The minimum atomic E-state index is 0.146. The minimum absolute atomic E-state index is 0.146. The molecular formula is C12H17N3O. The molecular weight excluding hydrogens is 202 g/mol. The molecule has 2 heterocycles. The predicted molar refractivity (Wildman–Crippen MR) is 62.1 cm³/mol. The fourth-order valence-corrected chi connectivity index (χ4v) is 1.91. The van der Waals surface area contributed by atoms with Gasteiger partial charge in [0.2, 0.25) is 0 Å². The molecule has 0 amide bonds. The monoisotopic (exact) mass is 219 g/mol. The summed E-state index contributed by atoms with van der Waals surface area (Å²) in [5, 5.41) is 7.62. The molecule has 4 nitrogen and oxygen atoms in total. The second-order valence-electron chi connectivity index (χ2n) is 3.76. The molecule has 16 heavy (non-hydrogen) atoms. The topological polar surface area (TPSA) is 43.0 Å². The van der Waals surface area contributed by atoms with E-state index in [0.717, 1.165) is 18.5 Å². The Morgan fingerprint density at radius 2 is 2.38 bits per heavy atom. The van der Waals surface area contributed by atoms with Gasteiger partial charge >= 0.3 is 0 Å². The number of hydrogen-bond acceptors (Lipinski definition) is 3. The quantitative estimate of drug-likeness (QED) is 0.838. The molecule has 2 aromatic rings. The van der Waals surface area contributed by atoms with E-state index in [2.05, 4.69) is 17.3 Å². The number of nitrogens with one attached hydrogen (secondary N) is 1. The van der Waals surface area contributed by atoms with E-state index in [0.29, 0.717) is 0 Å². The molecule has 0 aromatic carbocycles. The van der Waals surface area contributed by atoms with Crippen LogP contribution in [-0.4, -0.2) is 16.8 Å². The Morgan fingerprint density at radius 3 is 3.00 bits per heavy atom. The lowest BCUT2D eigenvalue weighted by Crippen LogP contribution is -2.21. The van der Waals surface area contributed by atoms with Gasteiger partial charge in [-0.25, -0.2) is 0 Å². The van der Waals surface area contributed by atoms with Crippen LogP contribution in [0.1, 0.15) is 30.6 Å². The first-order valence-corrected chi connectivity index (χ1v) is 5.58. The van der Waals surface area contributed by atoms with Crippen molar-refractivity contribution in [2.45, 2.75) is 25.9 Å². The summed E-state index contributed by atoms with van der Waals surface area (Å²) < 4.78 is 7.16. The first-order valence-electron chi connectivity index (χ1n) is 5.58. The molecule has 1 N–H and O–H groups in total. The number of rotatable bonds is 5. The highest BCUT2D eigenvalue weighted by Crippen LogP contribution is 2.21. The molecule has 0 bridgehead atoms. The van der Waals surface area contributed by atoms with Crippen LogP contribution in [0.2, 0.25) is 0 Å². The van der Waals surface area contributed by atoms with Gasteiger partial charge in [0.1, 0.15) is 0 Å². The Kier molecular flexibility index (Phi) is 3.41. The van der Waals surface area contributed by atoms with Crippen LogP contribution >= 0.6 is 0 Å². The highest BCUT2D eigenvalue weighted by atomic mass is 16.3. The zero-order chi connectivity index (χ0) is 11.4. The van der Waals surface area contributed by atoms with E-state index in [1.54, 1.807) is 12.5 Å². The van der Waals surface area contributed by atoms with E-state index in [1.807, 2.05) is 30.1 Å². The average molecular weight is 219 g/mol. The fraction of sp³-hybridized carbons (Fsp3) is 0.417. The molecule has 86 valence electrons. The third kappa shape index (κ3) is 2.02. The fourth-order valence-electron chi connectivity index (χ4n) is 1.91. The largest absolute Gasteiger partial charge is 0.472 e. The van der Waals surface area contributed by atoms with Crippen LogP contribution in [-0.2, 0) is 6.54 Å². The molecule has 0 radical (unpaired) electrons. The molecule has 0 fully saturated rings. The van der Waals surface area contributed by atoms with Crippen LogP contribution in [0, 0.1) is 0 Å². The summed E-state index contributed by atoms with van der Waals surface area (Å²) in [7, 11) is 1.95. The van der Waals surface area contributed by atoms with E-state index < -0.39 is 0 Å². The lowest BCUT2D eigenvalue weighted by Gasteiger charge is -2.16. The molecule has 2 rings (SSSR count).